The average Bonchev–Trinajstić information content (AvgIpc) is 2.77. The van der Waals surface area contributed by atoms with E-state index in [9.17, 15) is 0 Å². The maximum absolute atomic E-state index is 5.83. The van der Waals surface area contributed by atoms with E-state index in [1.807, 2.05) is 25.1 Å². The Hall–Kier alpha value is -1.75. The van der Waals surface area contributed by atoms with Crippen LogP contribution in [-0.2, 0) is 12.8 Å². The van der Waals surface area contributed by atoms with Gasteiger partial charge in [-0.05, 0) is 18.6 Å². The Kier molecular flexibility index (Phi) is 3.82. The van der Waals surface area contributed by atoms with Crippen molar-refractivity contribution < 1.29 is 4.52 Å². The van der Waals surface area contributed by atoms with Crippen LogP contribution in [0.2, 0.25) is 0 Å². The van der Waals surface area contributed by atoms with Crippen LogP contribution in [0.25, 0.3) is 0 Å². The first-order valence-corrected chi connectivity index (χ1v) is 5.75. The Morgan fingerprint density at radius 2 is 2.29 bits per heavy atom. The molecular formula is C12H16N4O. The van der Waals surface area contributed by atoms with Crippen molar-refractivity contribution in [2.45, 2.75) is 32.2 Å². The predicted octanol–water partition coefficient (Wildman–Crippen LogP) is 1.34. The average molecular weight is 232 g/mol. The summed E-state index contributed by atoms with van der Waals surface area (Å²) in [6.07, 6.45) is 3.87. The third-order valence-electron chi connectivity index (χ3n) is 2.54. The molecule has 5 nitrogen and oxygen atoms in total. The normalized spacial score (nSPS) is 12.6. The lowest BCUT2D eigenvalue weighted by Gasteiger charge is -2.02. The Morgan fingerprint density at radius 1 is 1.41 bits per heavy atom. The second-order valence-electron chi connectivity index (χ2n) is 3.97. The predicted molar refractivity (Wildman–Crippen MR) is 63.3 cm³/mol. The molecule has 0 saturated carbocycles. The second-order valence-corrected chi connectivity index (χ2v) is 3.97. The summed E-state index contributed by atoms with van der Waals surface area (Å²) in [5.74, 6) is 1.26. The molecular weight excluding hydrogens is 216 g/mol. The minimum absolute atomic E-state index is 0.0816. The first-order chi connectivity index (χ1) is 8.28. The van der Waals surface area contributed by atoms with Crippen molar-refractivity contribution in [3.8, 4) is 0 Å². The van der Waals surface area contributed by atoms with Crippen LogP contribution in [0.4, 0.5) is 0 Å². The highest BCUT2D eigenvalue weighted by atomic mass is 16.5. The molecule has 2 N–H and O–H groups in total. The monoisotopic (exact) mass is 232 g/mol. The fourth-order valence-corrected chi connectivity index (χ4v) is 1.48. The van der Waals surface area contributed by atoms with E-state index in [0.29, 0.717) is 24.6 Å². The molecule has 0 radical (unpaired) electrons. The topological polar surface area (TPSA) is 77.8 Å². The lowest BCUT2D eigenvalue weighted by Crippen LogP contribution is -2.21. The molecule has 0 amide bonds. The van der Waals surface area contributed by atoms with Crippen molar-refractivity contribution in [2.24, 2.45) is 5.73 Å². The van der Waals surface area contributed by atoms with Crippen LogP contribution in [0.5, 0.6) is 0 Å². The SMILES string of the molecule is CCC(N)Cc1nc(Cc2ccccn2)no1. The first-order valence-electron chi connectivity index (χ1n) is 5.75. The summed E-state index contributed by atoms with van der Waals surface area (Å²) in [5.41, 5.74) is 6.76. The highest BCUT2D eigenvalue weighted by Crippen LogP contribution is 2.06. The number of hydrogen-bond donors (Lipinski definition) is 1. The molecule has 0 bridgehead atoms. The van der Waals surface area contributed by atoms with E-state index in [1.54, 1.807) is 6.20 Å². The van der Waals surface area contributed by atoms with Gasteiger partial charge < -0.3 is 10.3 Å². The maximum Gasteiger partial charge on any atom is 0.228 e. The zero-order valence-corrected chi connectivity index (χ0v) is 9.84. The Labute approximate surface area is 100 Å². The van der Waals surface area contributed by atoms with Gasteiger partial charge in [-0.1, -0.05) is 18.1 Å². The van der Waals surface area contributed by atoms with E-state index in [4.69, 9.17) is 10.3 Å². The van der Waals surface area contributed by atoms with E-state index in [-0.39, 0.29) is 6.04 Å². The number of nitrogens with two attached hydrogens (primary N) is 1. The highest BCUT2D eigenvalue weighted by molar-refractivity contribution is 5.09. The molecule has 0 aliphatic carbocycles. The molecule has 0 aliphatic heterocycles. The molecule has 2 aromatic rings. The van der Waals surface area contributed by atoms with Gasteiger partial charge in [0.05, 0.1) is 6.42 Å². The molecule has 2 rings (SSSR count). The number of pyridine rings is 1. The quantitative estimate of drug-likeness (QED) is 0.841. The molecule has 0 fully saturated rings. The van der Waals surface area contributed by atoms with Gasteiger partial charge in [0.15, 0.2) is 5.82 Å². The fraction of sp³-hybridized carbons (Fsp3) is 0.417. The van der Waals surface area contributed by atoms with Gasteiger partial charge in [0.2, 0.25) is 5.89 Å². The van der Waals surface area contributed by atoms with Gasteiger partial charge in [-0.25, -0.2) is 0 Å². The van der Waals surface area contributed by atoms with Crippen molar-refractivity contribution in [3.63, 3.8) is 0 Å². The van der Waals surface area contributed by atoms with Gasteiger partial charge >= 0.3 is 0 Å². The van der Waals surface area contributed by atoms with Crippen molar-refractivity contribution >= 4 is 0 Å². The van der Waals surface area contributed by atoms with Crippen LogP contribution in [0.3, 0.4) is 0 Å². The number of hydrogen-bond acceptors (Lipinski definition) is 5. The van der Waals surface area contributed by atoms with Crippen LogP contribution in [0.1, 0.15) is 30.8 Å². The lowest BCUT2D eigenvalue weighted by molar-refractivity contribution is 0.363. The zero-order valence-electron chi connectivity index (χ0n) is 9.84. The van der Waals surface area contributed by atoms with Crippen LogP contribution in [0, 0.1) is 0 Å². The molecule has 1 atom stereocenters. The summed E-state index contributed by atoms with van der Waals surface area (Å²) in [4.78, 5) is 8.51. The van der Waals surface area contributed by atoms with E-state index < -0.39 is 0 Å². The van der Waals surface area contributed by atoms with E-state index in [1.165, 1.54) is 0 Å². The van der Waals surface area contributed by atoms with Gasteiger partial charge in [-0.3, -0.25) is 4.98 Å². The summed E-state index contributed by atoms with van der Waals surface area (Å²) >= 11 is 0. The summed E-state index contributed by atoms with van der Waals surface area (Å²) in [7, 11) is 0. The van der Waals surface area contributed by atoms with Crippen molar-refractivity contribution in [3.05, 3.63) is 41.8 Å². The van der Waals surface area contributed by atoms with Gasteiger partial charge in [-0.2, -0.15) is 4.98 Å². The second kappa shape index (κ2) is 5.54. The van der Waals surface area contributed by atoms with Gasteiger partial charge in [-0.15, -0.1) is 0 Å². The maximum atomic E-state index is 5.83. The lowest BCUT2D eigenvalue weighted by atomic mass is 10.2. The smallest absolute Gasteiger partial charge is 0.228 e. The third kappa shape index (κ3) is 3.35. The number of aromatic nitrogens is 3. The van der Waals surface area contributed by atoms with Crippen LogP contribution in [-0.4, -0.2) is 21.2 Å². The van der Waals surface area contributed by atoms with E-state index in [2.05, 4.69) is 15.1 Å². The highest BCUT2D eigenvalue weighted by Gasteiger charge is 2.10. The Morgan fingerprint density at radius 3 is 3.00 bits per heavy atom. The van der Waals surface area contributed by atoms with Gasteiger partial charge in [0.1, 0.15) is 0 Å². The van der Waals surface area contributed by atoms with Crippen molar-refractivity contribution in [2.75, 3.05) is 0 Å². The summed E-state index contributed by atoms with van der Waals surface area (Å²) in [6, 6.07) is 5.84. The Balaban J connectivity index is 1.99. The van der Waals surface area contributed by atoms with Crippen LogP contribution < -0.4 is 5.73 Å². The third-order valence-corrected chi connectivity index (χ3v) is 2.54. The summed E-state index contributed by atoms with van der Waals surface area (Å²) in [5, 5.41) is 3.92. The van der Waals surface area contributed by atoms with E-state index in [0.717, 1.165) is 12.1 Å². The number of nitrogens with zero attached hydrogens (tertiary/aromatic N) is 3. The summed E-state index contributed by atoms with van der Waals surface area (Å²) in [6.45, 7) is 2.04. The number of rotatable bonds is 5. The van der Waals surface area contributed by atoms with Crippen molar-refractivity contribution in [1.82, 2.24) is 15.1 Å². The molecule has 0 spiro atoms. The first kappa shape index (κ1) is 11.7. The van der Waals surface area contributed by atoms with Gasteiger partial charge in [0.25, 0.3) is 0 Å². The van der Waals surface area contributed by atoms with E-state index >= 15 is 0 Å². The zero-order chi connectivity index (χ0) is 12.1. The Bertz CT molecular complexity index is 455. The minimum Gasteiger partial charge on any atom is -0.339 e. The van der Waals surface area contributed by atoms with Crippen LogP contribution in [0.15, 0.2) is 28.9 Å². The van der Waals surface area contributed by atoms with Gasteiger partial charge in [0, 0.05) is 24.4 Å². The largest absolute Gasteiger partial charge is 0.339 e. The molecule has 0 saturated heterocycles. The molecule has 2 heterocycles. The molecule has 1 unspecified atom stereocenters. The van der Waals surface area contributed by atoms with Crippen LogP contribution >= 0.6 is 0 Å². The standard InChI is InChI=1S/C12H16N4O/c1-2-9(13)7-12-15-11(16-17-12)8-10-5-3-4-6-14-10/h3-6,9H,2,7-8,13H2,1H3. The molecule has 0 aliphatic rings. The molecule has 2 aromatic heterocycles. The summed E-state index contributed by atoms with van der Waals surface area (Å²) < 4.78 is 5.14. The molecule has 90 valence electrons. The molecule has 17 heavy (non-hydrogen) atoms. The molecule has 0 aromatic carbocycles. The fourth-order valence-electron chi connectivity index (χ4n) is 1.48. The van der Waals surface area contributed by atoms with Crippen molar-refractivity contribution in [1.29, 1.82) is 0 Å². The molecule has 5 heteroatoms. The minimum atomic E-state index is 0.0816.